The van der Waals surface area contributed by atoms with Gasteiger partial charge in [-0.1, -0.05) is 60.7 Å². The second kappa shape index (κ2) is 9.30. The Hall–Kier alpha value is -3.86. The van der Waals surface area contributed by atoms with Crippen LogP contribution in [0.3, 0.4) is 0 Å². The van der Waals surface area contributed by atoms with E-state index in [0.29, 0.717) is 0 Å². The fourth-order valence-electron chi connectivity index (χ4n) is 3.61. The molecule has 0 N–H and O–H groups in total. The molecule has 3 aromatic rings. The fraction of sp³-hybridized carbons (Fsp3) is 0.154. The molecule has 0 radical (unpaired) electrons. The number of carbonyl (C=O) groups is 2. The van der Waals surface area contributed by atoms with Gasteiger partial charge in [-0.2, -0.15) is 0 Å². The molecule has 3 aromatic carbocycles. The van der Waals surface area contributed by atoms with Crippen LogP contribution in [-0.2, 0) is 20.9 Å². The maximum absolute atomic E-state index is 12.9. The lowest BCUT2D eigenvalue weighted by Gasteiger charge is -2.34. The van der Waals surface area contributed by atoms with Crippen LogP contribution in [0.5, 0.6) is 5.75 Å². The average molecular weight is 413 g/mol. The molecule has 0 saturated carbocycles. The van der Waals surface area contributed by atoms with Crippen LogP contribution in [0.4, 0.5) is 5.69 Å². The Labute approximate surface area is 181 Å². The van der Waals surface area contributed by atoms with Crippen molar-refractivity contribution in [2.24, 2.45) is 0 Å². The van der Waals surface area contributed by atoms with Crippen LogP contribution in [-0.4, -0.2) is 18.9 Å². The van der Waals surface area contributed by atoms with Gasteiger partial charge in [-0.3, -0.25) is 4.79 Å². The average Bonchev–Trinajstić information content (AvgIpc) is 2.83. The van der Waals surface area contributed by atoms with Gasteiger partial charge in [0, 0.05) is 18.3 Å². The summed E-state index contributed by atoms with van der Waals surface area (Å²) >= 11 is 0. The molecule has 1 aliphatic heterocycles. The summed E-state index contributed by atoms with van der Waals surface area (Å²) in [6.45, 7) is 0.120. The van der Waals surface area contributed by atoms with Crippen molar-refractivity contribution in [2.75, 3.05) is 12.0 Å². The van der Waals surface area contributed by atoms with E-state index in [9.17, 15) is 9.59 Å². The molecular weight excluding hydrogens is 390 g/mol. The van der Waals surface area contributed by atoms with Crippen LogP contribution in [0.25, 0.3) is 0 Å². The van der Waals surface area contributed by atoms with Gasteiger partial charge >= 0.3 is 5.97 Å². The van der Waals surface area contributed by atoms with Crippen molar-refractivity contribution in [1.82, 2.24) is 0 Å². The lowest BCUT2D eigenvalue weighted by Crippen LogP contribution is -2.34. The molecule has 5 nitrogen and oxygen atoms in total. The number of methoxy groups -OCH3 is 1. The Morgan fingerprint density at radius 3 is 2.23 bits per heavy atom. The van der Waals surface area contributed by atoms with Crippen molar-refractivity contribution in [3.63, 3.8) is 0 Å². The maximum atomic E-state index is 12.9. The van der Waals surface area contributed by atoms with Gasteiger partial charge < -0.3 is 14.4 Å². The summed E-state index contributed by atoms with van der Waals surface area (Å²) in [5.74, 6) is -0.102. The smallest absolute Gasteiger partial charge is 0.343 e. The number of carbonyl (C=O) groups excluding carboxylic acids is 2. The summed E-state index contributed by atoms with van der Waals surface area (Å²) in [6.07, 6.45) is 1.79. The number of esters is 1. The molecule has 1 heterocycles. The molecule has 31 heavy (non-hydrogen) atoms. The molecule has 0 saturated heterocycles. The molecule has 0 aliphatic carbocycles. The highest BCUT2D eigenvalue weighted by Gasteiger charge is 2.33. The maximum Gasteiger partial charge on any atom is 0.343 e. The number of ether oxygens (including phenoxy) is 2. The topological polar surface area (TPSA) is 55.8 Å². The third kappa shape index (κ3) is 4.67. The van der Waals surface area contributed by atoms with Crippen LogP contribution >= 0.6 is 0 Å². The van der Waals surface area contributed by atoms with Crippen LogP contribution < -0.4 is 9.64 Å². The van der Waals surface area contributed by atoms with E-state index in [2.05, 4.69) is 0 Å². The van der Waals surface area contributed by atoms with E-state index in [1.54, 1.807) is 13.3 Å². The zero-order chi connectivity index (χ0) is 21.6. The Bertz CT molecular complexity index is 1080. The third-order valence-electron chi connectivity index (χ3n) is 5.27. The second-order valence-corrected chi connectivity index (χ2v) is 7.26. The molecule has 4 rings (SSSR count). The lowest BCUT2D eigenvalue weighted by atomic mass is 9.92. The highest BCUT2D eigenvalue weighted by atomic mass is 16.5. The standard InChI is InChI=1S/C26H23NO4/c1-30-22-14-12-21(13-15-22)27-17-23(26(29)31-18-19-8-4-2-5-9-19)25(28)16-24(27)20-10-6-3-7-11-20/h2-15,17,24H,16,18H2,1H3. The molecule has 5 heteroatoms. The van der Waals surface area contributed by atoms with E-state index >= 15 is 0 Å². The van der Waals surface area contributed by atoms with Gasteiger partial charge in [0.25, 0.3) is 0 Å². The zero-order valence-corrected chi connectivity index (χ0v) is 17.2. The Balaban J connectivity index is 1.64. The molecule has 0 aromatic heterocycles. The number of Topliss-reactive ketones (excluding diaryl/α,β-unsaturated/α-hetero) is 1. The molecule has 1 unspecified atom stereocenters. The highest BCUT2D eigenvalue weighted by Crippen LogP contribution is 2.36. The predicted molar refractivity (Wildman–Crippen MR) is 119 cm³/mol. The van der Waals surface area contributed by atoms with Gasteiger partial charge in [0.2, 0.25) is 0 Å². The van der Waals surface area contributed by atoms with E-state index in [4.69, 9.17) is 9.47 Å². The largest absolute Gasteiger partial charge is 0.497 e. The Morgan fingerprint density at radius 1 is 0.935 bits per heavy atom. The third-order valence-corrected chi connectivity index (χ3v) is 5.27. The number of nitrogens with zero attached hydrogens (tertiary/aromatic N) is 1. The number of anilines is 1. The first-order valence-electron chi connectivity index (χ1n) is 10.1. The molecule has 0 fully saturated rings. The van der Waals surface area contributed by atoms with Gasteiger partial charge in [-0.15, -0.1) is 0 Å². The summed E-state index contributed by atoms with van der Waals surface area (Å²) in [6, 6.07) is 26.5. The molecule has 0 amide bonds. The van der Waals surface area contributed by atoms with Crippen LogP contribution in [0.15, 0.2) is 96.7 Å². The van der Waals surface area contributed by atoms with Crippen molar-refractivity contribution in [3.8, 4) is 5.75 Å². The minimum absolute atomic E-state index is 0.0546. The van der Waals surface area contributed by atoms with E-state index in [0.717, 1.165) is 22.6 Å². The van der Waals surface area contributed by atoms with Crippen LogP contribution in [0.2, 0.25) is 0 Å². The van der Waals surface area contributed by atoms with Crippen LogP contribution in [0, 0.1) is 0 Å². The van der Waals surface area contributed by atoms with Gasteiger partial charge in [0.1, 0.15) is 17.9 Å². The first-order chi connectivity index (χ1) is 15.2. The first-order valence-corrected chi connectivity index (χ1v) is 10.1. The lowest BCUT2D eigenvalue weighted by molar-refractivity contribution is -0.141. The Kier molecular flexibility index (Phi) is 6.13. The second-order valence-electron chi connectivity index (χ2n) is 7.26. The molecule has 0 spiro atoms. The number of benzene rings is 3. The normalized spacial score (nSPS) is 15.9. The van der Waals surface area contributed by atoms with Gasteiger partial charge in [-0.25, -0.2) is 4.79 Å². The molecule has 1 aliphatic rings. The van der Waals surface area contributed by atoms with Crippen LogP contribution in [0.1, 0.15) is 23.6 Å². The van der Waals surface area contributed by atoms with Gasteiger partial charge in [-0.05, 0) is 35.4 Å². The predicted octanol–water partition coefficient (Wildman–Crippen LogP) is 4.84. The van der Waals surface area contributed by atoms with Crippen molar-refractivity contribution in [1.29, 1.82) is 0 Å². The minimum atomic E-state index is -0.612. The minimum Gasteiger partial charge on any atom is -0.497 e. The quantitative estimate of drug-likeness (QED) is 0.427. The molecule has 156 valence electrons. The molecular formula is C26H23NO4. The van der Waals surface area contributed by atoms with Gasteiger partial charge in [0.15, 0.2) is 5.78 Å². The first kappa shape index (κ1) is 20.4. The van der Waals surface area contributed by atoms with E-state index in [1.165, 1.54) is 0 Å². The van der Waals surface area contributed by atoms with E-state index < -0.39 is 5.97 Å². The number of ketones is 1. The highest BCUT2D eigenvalue weighted by molar-refractivity contribution is 6.18. The summed E-state index contributed by atoms with van der Waals surface area (Å²) in [5, 5.41) is 0. The SMILES string of the molecule is COc1ccc(N2C=C(C(=O)OCc3ccccc3)C(=O)CC2c2ccccc2)cc1. The Morgan fingerprint density at radius 2 is 1.58 bits per heavy atom. The summed E-state index contributed by atoms with van der Waals surface area (Å²) < 4.78 is 10.7. The monoisotopic (exact) mass is 413 g/mol. The van der Waals surface area contributed by atoms with E-state index in [1.807, 2.05) is 89.8 Å². The number of rotatable bonds is 6. The summed E-state index contributed by atoms with van der Waals surface area (Å²) in [4.78, 5) is 27.6. The van der Waals surface area contributed by atoms with Crippen molar-refractivity contribution in [2.45, 2.75) is 19.1 Å². The fourth-order valence-corrected chi connectivity index (χ4v) is 3.61. The van der Waals surface area contributed by atoms with Gasteiger partial charge in [0.05, 0.1) is 13.2 Å². The number of hydrogen-bond acceptors (Lipinski definition) is 5. The van der Waals surface area contributed by atoms with Crippen molar-refractivity contribution in [3.05, 3.63) is 108 Å². The molecule has 0 bridgehead atoms. The van der Waals surface area contributed by atoms with Crippen molar-refractivity contribution >= 4 is 17.4 Å². The zero-order valence-electron chi connectivity index (χ0n) is 17.2. The van der Waals surface area contributed by atoms with Crippen molar-refractivity contribution < 1.29 is 19.1 Å². The number of hydrogen-bond donors (Lipinski definition) is 0. The van der Waals surface area contributed by atoms with E-state index in [-0.39, 0.29) is 30.4 Å². The summed E-state index contributed by atoms with van der Waals surface area (Å²) in [7, 11) is 1.61. The summed E-state index contributed by atoms with van der Waals surface area (Å²) in [5.41, 5.74) is 2.78. The molecule has 1 atom stereocenters.